The van der Waals surface area contributed by atoms with Crippen molar-refractivity contribution in [2.45, 2.75) is 32.5 Å². The summed E-state index contributed by atoms with van der Waals surface area (Å²) in [6, 6.07) is 29.5. The predicted molar refractivity (Wildman–Crippen MR) is 152 cm³/mol. The smallest absolute Gasteiger partial charge is 0.414 e. The molecule has 37 heavy (non-hydrogen) atoms. The summed E-state index contributed by atoms with van der Waals surface area (Å²) in [6.07, 6.45) is 0.977. The van der Waals surface area contributed by atoms with Crippen LogP contribution in [0.4, 0.5) is 21.9 Å². The summed E-state index contributed by atoms with van der Waals surface area (Å²) >= 11 is 3.57. The second-order valence-electron chi connectivity index (χ2n) is 9.50. The molecule has 0 saturated heterocycles. The highest BCUT2D eigenvalue weighted by Crippen LogP contribution is 2.36. The average Bonchev–Trinajstić information content (AvgIpc) is 2.88. The van der Waals surface area contributed by atoms with E-state index in [0.717, 1.165) is 27.0 Å². The number of hydrogen-bond donors (Lipinski definition) is 1. The Morgan fingerprint density at radius 2 is 1.51 bits per heavy atom. The summed E-state index contributed by atoms with van der Waals surface area (Å²) in [5.74, 6) is 0.503. The lowest BCUT2D eigenvalue weighted by atomic mass is 10.0. The highest BCUT2D eigenvalue weighted by molar-refractivity contribution is 9.10. The molecule has 0 aliphatic carbocycles. The molecule has 0 spiro atoms. The van der Waals surface area contributed by atoms with Crippen LogP contribution in [0.3, 0.4) is 0 Å². The number of nitrogens with zero attached hydrogens (tertiary/aromatic N) is 2. The van der Waals surface area contributed by atoms with Gasteiger partial charge in [-0.15, -0.1) is 0 Å². The fourth-order valence-electron chi connectivity index (χ4n) is 3.76. The van der Waals surface area contributed by atoms with Crippen molar-refractivity contribution in [3.05, 3.63) is 113 Å². The van der Waals surface area contributed by atoms with Crippen LogP contribution < -0.4 is 15.0 Å². The maximum Gasteiger partial charge on any atom is 0.414 e. The first-order valence-electron chi connectivity index (χ1n) is 12.0. The molecule has 0 fully saturated rings. The number of hydrogen-bond acceptors (Lipinski definition) is 5. The highest BCUT2D eigenvalue weighted by atomic mass is 79.9. The van der Waals surface area contributed by atoms with Crippen molar-refractivity contribution < 1.29 is 14.3 Å². The average molecular weight is 560 g/mol. The van der Waals surface area contributed by atoms with E-state index in [0.29, 0.717) is 11.6 Å². The third kappa shape index (κ3) is 6.89. The van der Waals surface area contributed by atoms with Crippen LogP contribution in [0.2, 0.25) is 0 Å². The maximum absolute atomic E-state index is 12.7. The van der Waals surface area contributed by atoms with E-state index in [1.165, 1.54) is 4.90 Å². The number of para-hydroxylation sites is 1. The Bertz CT molecular complexity index is 1280. The SMILES string of the molecule is CN(C(=O)OC(C)(C)C)c1c(Br)cccc1Nc1ccc(OC(c2ccccc2)c2ccccc2)nc1. The number of aromatic nitrogens is 1. The Balaban J connectivity index is 1.54. The number of anilines is 3. The van der Waals surface area contributed by atoms with Gasteiger partial charge in [0, 0.05) is 17.6 Å². The Kier molecular flexibility index (Phi) is 8.14. The molecule has 6 nitrogen and oxygen atoms in total. The normalized spacial score (nSPS) is 11.2. The molecule has 1 N–H and O–H groups in total. The zero-order valence-corrected chi connectivity index (χ0v) is 22.9. The molecule has 0 unspecified atom stereocenters. The van der Waals surface area contributed by atoms with Gasteiger partial charge in [0.2, 0.25) is 5.88 Å². The number of carbonyl (C=O) groups excluding carboxylic acids is 1. The number of ether oxygens (including phenoxy) is 2. The molecule has 0 saturated carbocycles. The first kappa shape index (κ1) is 26.2. The number of rotatable bonds is 7. The van der Waals surface area contributed by atoms with Gasteiger partial charge in [-0.25, -0.2) is 9.78 Å². The van der Waals surface area contributed by atoms with Gasteiger partial charge in [-0.05, 0) is 66.0 Å². The number of amides is 1. The van der Waals surface area contributed by atoms with Crippen LogP contribution in [0.25, 0.3) is 0 Å². The van der Waals surface area contributed by atoms with Crippen molar-refractivity contribution >= 4 is 39.1 Å². The number of pyridine rings is 1. The lowest BCUT2D eigenvalue weighted by Crippen LogP contribution is -2.34. The lowest BCUT2D eigenvalue weighted by Gasteiger charge is -2.27. The molecule has 0 aliphatic rings. The molecule has 0 atom stereocenters. The topological polar surface area (TPSA) is 63.7 Å². The second kappa shape index (κ2) is 11.5. The van der Waals surface area contributed by atoms with Crippen molar-refractivity contribution in [1.82, 2.24) is 4.98 Å². The highest BCUT2D eigenvalue weighted by Gasteiger charge is 2.24. The van der Waals surface area contributed by atoms with E-state index < -0.39 is 11.7 Å². The Labute approximate surface area is 226 Å². The van der Waals surface area contributed by atoms with E-state index in [4.69, 9.17) is 9.47 Å². The van der Waals surface area contributed by atoms with E-state index in [1.807, 2.05) is 112 Å². The fraction of sp³-hybridized carbons (Fsp3) is 0.200. The minimum atomic E-state index is -0.600. The van der Waals surface area contributed by atoms with Gasteiger partial charge in [-0.3, -0.25) is 4.90 Å². The van der Waals surface area contributed by atoms with Gasteiger partial charge in [0.1, 0.15) is 5.60 Å². The van der Waals surface area contributed by atoms with Gasteiger partial charge in [-0.1, -0.05) is 66.7 Å². The molecule has 0 aliphatic heterocycles. The van der Waals surface area contributed by atoms with Crippen molar-refractivity contribution in [2.75, 3.05) is 17.3 Å². The molecule has 1 aromatic heterocycles. The minimum Gasteiger partial charge on any atom is -0.465 e. The van der Waals surface area contributed by atoms with E-state index in [1.54, 1.807) is 13.2 Å². The molecule has 190 valence electrons. The van der Waals surface area contributed by atoms with Gasteiger partial charge in [0.15, 0.2) is 6.10 Å². The van der Waals surface area contributed by atoms with Gasteiger partial charge >= 0.3 is 6.09 Å². The zero-order valence-electron chi connectivity index (χ0n) is 21.3. The standard InChI is InChI=1S/C30H30BrN3O3/c1-30(2,3)37-29(35)34(4)27-24(31)16-11-17-25(27)33-23-18-19-26(32-20-23)36-28(21-12-7-5-8-13-21)22-14-9-6-10-15-22/h5-20,28,33H,1-4H3. The molecule has 0 bridgehead atoms. The van der Waals surface area contributed by atoms with Crippen LogP contribution in [0.1, 0.15) is 38.0 Å². The monoisotopic (exact) mass is 559 g/mol. The molecule has 1 amide bonds. The second-order valence-corrected chi connectivity index (χ2v) is 10.4. The zero-order chi connectivity index (χ0) is 26.4. The fourth-order valence-corrected chi connectivity index (χ4v) is 4.40. The summed E-state index contributed by atoms with van der Waals surface area (Å²) in [5, 5.41) is 3.36. The molecule has 1 heterocycles. The van der Waals surface area contributed by atoms with Crippen LogP contribution in [0, 0.1) is 0 Å². The van der Waals surface area contributed by atoms with Crippen LogP contribution >= 0.6 is 15.9 Å². The summed E-state index contributed by atoms with van der Waals surface area (Å²) in [4.78, 5) is 18.7. The minimum absolute atomic E-state index is 0.284. The number of carbonyl (C=O) groups is 1. The van der Waals surface area contributed by atoms with E-state index in [9.17, 15) is 4.79 Å². The lowest BCUT2D eigenvalue weighted by molar-refractivity contribution is 0.0589. The van der Waals surface area contributed by atoms with Gasteiger partial charge < -0.3 is 14.8 Å². The van der Waals surface area contributed by atoms with E-state index in [-0.39, 0.29) is 6.10 Å². The largest absolute Gasteiger partial charge is 0.465 e. The quantitative estimate of drug-likeness (QED) is 0.247. The molecule has 3 aromatic carbocycles. The van der Waals surface area contributed by atoms with Crippen LogP contribution in [0.5, 0.6) is 5.88 Å². The molecule has 4 rings (SSSR count). The number of nitrogens with one attached hydrogen (secondary N) is 1. The van der Waals surface area contributed by atoms with Gasteiger partial charge in [0.25, 0.3) is 0 Å². The predicted octanol–water partition coefficient (Wildman–Crippen LogP) is 8.13. The Hall–Kier alpha value is -3.84. The van der Waals surface area contributed by atoms with Crippen molar-refractivity contribution in [1.29, 1.82) is 0 Å². The van der Waals surface area contributed by atoms with Crippen LogP contribution in [0.15, 0.2) is 102 Å². The van der Waals surface area contributed by atoms with Gasteiger partial charge in [0.05, 0.1) is 23.3 Å². The molecule has 7 heteroatoms. The van der Waals surface area contributed by atoms with E-state index >= 15 is 0 Å². The third-order valence-corrected chi connectivity index (χ3v) is 6.09. The third-order valence-electron chi connectivity index (χ3n) is 5.45. The molecular weight excluding hydrogens is 530 g/mol. The van der Waals surface area contributed by atoms with Crippen molar-refractivity contribution in [2.24, 2.45) is 0 Å². The van der Waals surface area contributed by atoms with Crippen molar-refractivity contribution in [3.8, 4) is 5.88 Å². The first-order chi connectivity index (χ1) is 17.7. The summed E-state index contributed by atoms with van der Waals surface area (Å²) in [5.41, 5.74) is 3.62. The molecular formula is C30H30BrN3O3. The van der Waals surface area contributed by atoms with Crippen LogP contribution in [-0.4, -0.2) is 23.7 Å². The Morgan fingerprint density at radius 1 is 0.892 bits per heavy atom. The van der Waals surface area contributed by atoms with Gasteiger partial charge in [-0.2, -0.15) is 0 Å². The molecule has 0 radical (unpaired) electrons. The van der Waals surface area contributed by atoms with Crippen LogP contribution in [-0.2, 0) is 4.74 Å². The van der Waals surface area contributed by atoms with Crippen molar-refractivity contribution in [3.63, 3.8) is 0 Å². The van der Waals surface area contributed by atoms with E-state index in [2.05, 4.69) is 26.2 Å². The maximum atomic E-state index is 12.7. The number of benzene rings is 3. The summed E-state index contributed by atoms with van der Waals surface area (Å²) in [7, 11) is 1.68. The molecule has 4 aromatic rings. The summed E-state index contributed by atoms with van der Waals surface area (Å²) in [6.45, 7) is 5.52. The number of halogens is 1. The first-order valence-corrected chi connectivity index (χ1v) is 12.8. The Morgan fingerprint density at radius 3 is 2.05 bits per heavy atom. The summed E-state index contributed by atoms with van der Waals surface area (Å²) < 4.78 is 12.6.